The summed E-state index contributed by atoms with van der Waals surface area (Å²) in [5.41, 5.74) is 7.65. The van der Waals surface area contributed by atoms with E-state index in [1.807, 2.05) is 29.2 Å². The number of fused-ring (bicyclic) bond motifs is 1. The molecule has 6 rings (SSSR count). The molecule has 1 saturated heterocycles. The van der Waals surface area contributed by atoms with Crippen molar-refractivity contribution in [1.29, 1.82) is 0 Å². The summed E-state index contributed by atoms with van der Waals surface area (Å²) >= 11 is 0. The van der Waals surface area contributed by atoms with Crippen molar-refractivity contribution >= 4 is 23.3 Å². The highest BCUT2D eigenvalue weighted by Gasteiger charge is 2.17. The second-order valence-electron chi connectivity index (χ2n) is 8.77. The molecule has 0 unspecified atom stereocenters. The van der Waals surface area contributed by atoms with Crippen molar-refractivity contribution in [3.8, 4) is 11.4 Å². The quantitative estimate of drug-likeness (QED) is 0.433. The van der Waals surface area contributed by atoms with Crippen molar-refractivity contribution in [2.75, 3.05) is 36.5 Å². The smallest absolute Gasteiger partial charge is 0.136 e. The summed E-state index contributed by atoms with van der Waals surface area (Å²) in [4.78, 5) is 7.42. The number of nitrogens with one attached hydrogen (secondary N) is 2. The molecule has 0 saturated carbocycles. The van der Waals surface area contributed by atoms with Crippen molar-refractivity contribution in [3.63, 3.8) is 0 Å². The number of aromatic nitrogens is 3. The van der Waals surface area contributed by atoms with Gasteiger partial charge in [-0.15, -0.1) is 0 Å². The lowest BCUT2D eigenvalue weighted by atomic mass is 10.0. The van der Waals surface area contributed by atoms with E-state index < -0.39 is 0 Å². The van der Waals surface area contributed by atoms with Gasteiger partial charge in [-0.2, -0.15) is 5.10 Å². The molecule has 2 aliphatic rings. The van der Waals surface area contributed by atoms with Gasteiger partial charge >= 0.3 is 0 Å². The average molecular weight is 465 g/mol. The zero-order valence-corrected chi connectivity index (χ0v) is 19.5. The lowest BCUT2D eigenvalue weighted by molar-refractivity contribution is 0.122. The second-order valence-corrected chi connectivity index (χ2v) is 8.77. The molecule has 4 heterocycles. The van der Waals surface area contributed by atoms with E-state index in [0.717, 1.165) is 66.9 Å². The van der Waals surface area contributed by atoms with E-state index in [2.05, 4.69) is 81.3 Å². The van der Waals surface area contributed by atoms with Crippen LogP contribution in [-0.4, -0.2) is 41.1 Å². The zero-order valence-electron chi connectivity index (χ0n) is 19.5. The van der Waals surface area contributed by atoms with Crippen molar-refractivity contribution in [2.45, 2.75) is 13.1 Å². The maximum atomic E-state index is 5.48. The van der Waals surface area contributed by atoms with Crippen LogP contribution in [0.5, 0.6) is 0 Å². The lowest BCUT2D eigenvalue weighted by Gasteiger charge is -2.29. The van der Waals surface area contributed by atoms with Gasteiger partial charge in [0.05, 0.1) is 31.1 Å². The number of anilines is 3. The molecule has 35 heavy (non-hydrogen) atoms. The van der Waals surface area contributed by atoms with Gasteiger partial charge in [-0.1, -0.05) is 30.3 Å². The van der Waals surface area contributed by atoms with Gasteiger partial charge in [0.1, 0.15) is 5.82 Å². The summed E-state index contributed by atoms with van der Waals surface area (Å²) in [6.45, 7) is 4.85. The minimum absolute atomic E-state index is 0.700. The van der Waals surface area contributed by atoms with E-state index in [1.54, 1.807) is 0 Å². The molecule has 0 bridgehead atoms. The minimum Gasteiger partial charge on any atom is -0.387 e. The number of hydrogen-bond donors (Lipinski definition) is 2. The van der Waals surface area contributed by atoms with Crippen LogP contribution >= 0.6 is 0 Å². The van der Waals surface area contributed by atoms with Crippen LogP contribution in [0.1, 0.15) is 16.7 Å². The fourth-order valence-corrected chi connectivity index (χ4v) is 4.62. The van der Waals surface area contributed by atoms with E-state index in [4.69, 9.17) is 9.72 Å². The maximum Gasteiger partial charge on any atom is 0.136 e. The molecule has 2 N–H and O–H groups in total. The summed E-state index contributed by atoms with van der Waals surface area (Å²) in [5.74, 6) is 0.862. The first-order chi connectivity index (χ1) is 17.3. The average Bonchev–Trinajstić information content (AvgIpc) is 3.38. The molecule has 0 atom stereocenters. The molecule has 7 heteroatoms. The van der Waals surface area contributed by atoms with Gasteiger partial charge in [0.15, 0.2) is 0 Å². The van der Waals surface area contributed by atoms with Crippen LogP contribution in [-0.2, 0) is 17.8 Å². The summed E-state index contributed by atoms with van der Waals surface area (Å²) < 4.78 is 7.49. The Bertz CT molecular complexity index is 1320. The predicted octanol–water partition coefficient (Wildman–Crippen LogP) is 4.65. The first kappa shape index (κ1) is 21.4. The maximum absolute atomic E-state index is 5.48. The van der Waals surface area contributed by atoms with E-state index >= 15 is 0 Å². The van der Waals surface area contributed by atoms with Crippen LogP contribution in [0, 0.1) is 0 Å². The number of morpholine rings is 1. The van der Waals surface area contributed by atoms with Crippen LogP contribution in [0.25, 0.3) is 17.5 Å². The monoisotopic (exact) mass is 464 g/mol. The molecular weight excluding hydrogens is 436 g/mol. The standard InChI is InChI=1S/C28H28N6O/c1-2-4-21(5-3-1)20-34-27(11-13-30-34)26-18-22-10-12-29-19-25(22)28(32-26)31-23-6-8-24(9-7-23)33-14-16-35-17-15-33/h1-13,18,29H,14-17,19-20H2,(H,31,32). The molecule has 4 aromatic rings. The molecule has 2 aromatic heterocycles. The Balaban J connectivity index is 1.31. The Hall–Kier alpha value is -4.10. The van der Waals surface area contributed by atoms with Crippen molar-refractivity contribution in [2.24, 2.45) is 0 Å². The molecule has 176 valence electrons. The zero-order chi connectivity index (χ0) is 23.5. The topological polar surface area (TPSA) is 67.2 Å². The van der Waals surface area contributed by atoms with Gasteiger partial charge in [0, 0.05) is 42.8 Å². The SMILES string of the molecule is C1=Cc2cc(-c3ccnn3Cc3ccccc3)nc(Nc3ccc(N4CCOCC4)cc3)c2CN1. The molecule has 2 aromatic carbocycles. The van der Waals surface area contributed by atoms with Crippen LogP contribution in [0.15, 0.2) is 79.1 Å². The third kappa shape index (κ3) is 4.63. The van der Waals surface area contributed by atoms with Crippen molar-refractivity contribution in [3.05, 3.63) is 95.8 Å². The van der Waals surface area contributed by atoms with Crippen LogP contribution in [0.3, 0.4) is 0 Å². The molecule has 0 radical (unpaired) electrons. The highest BCUT2D eigenvalue weighted by Crippen LogP contribution is 2.31. The third-order valence-corrected chi connectivity index (χ3v) is 6.48. The van der Waals surface area contributed by atoms with E-state index in [9.17, 15) is 0 Å². The van der Waals surface area contributed by atoms with E-state index in [-0.39, 0.29) is 0 Å². The van der Waals surface area contributed by atoms with Crippen LogP contribution in [0.4, 0.5) is 17.2 Å². The lowest BCUT2D eigenvalue weighted by Crippen LogP contribution is -2.36. The van der Waals surface area contributed by atoms with Crippen molar-refractivity contribution in [1.82, 2.24) is 20.1 Å². The molecule has 2 aliphatic heterocycles. The molecular formula is C28H28N6O. The summed E-state index contributed by atoms with van der Waals surface area (Å²) in [5, 5.41) is 11.5. The Morgan fingerprint density at radius 1 is 0.971 bits per heavy atom. The van der Waals surface area contributed by atoms with Gasteiger partial charge in [-0.3, -0.25) is 4.68 Å². The predicted molar refractivity (Wildman–Crippen MR) is 140 cm³/mol. The summed E-state index contributed by atoms with van der Waals surface area (Å²) in [6.07, 6.45) is 5.94. The fourth-order valence-electron chi connectivity index (χ4n) is 4.62. The molecule has 0 spiro atoms. The molecule has 0 amide bonds. The number of hydrogen-bond acceptors (Lipinski definition) is 6. The number of pyridine rings is 1. The Labute approximate surface area is 205 Å². The second kappa shape index (κ2) is 9.64. The van der Waals surface area contributed by atoms with E-state index in [1.165, 1.54) is 11.3 Å². The molecule has 0 aliphatic carbocycles. The summed E-state index contributed by atoms with van der Waals surface area (Å²) in [6, 6.07) is 23.1. The van der Waals surface area contributed by atoms with Gasteiger partial charge in [0.25, 0.3) is 0 Å². The third-order valence-electron chi connectivity index (χ3n) is 6.48. The van der Waals surface area contributed by atoms with Crippen LogP contribution in [0.2, 0.25) is 0 Å². The number of benzene rings is 2. The number of nitrogens with zero attached hydrogens (tertiary/aromatic N) is 4. The Kier molecular flexibility index (Phi) is 5.90. The highest BCUT2D eigenvalue weighted by molar-refractivity contribution is 5.73. The van der Waals surface area contributed by atoms with E-state index in [0.29, 0.717) is 6.54 Å². The van der Waals surface area contributed by atoms with Gasteiger partial charge < -0.3 is 20.3 Å². The largest absolute Gasteiger partial charge is 0.387 e. The summed E-state index contributed by atoms with van der Waals surface area (Å²) in [7, 11) is 0. The van der Waals surface area contributed by atoms with Gasteiger partial charge in [0.2, 0.25) is 0 Å². The first-order valence-corrected chi connectivity index (χ1v) is 12.0. The fraction of sp³-hybridized carbons (Fsp3) is 0.214. The molecule has 1 fully saturated rings. The minimum atomic E-state index is 0.700. The first-order valence-electron chi connectivity index (χ1n) is 12.0. The molecule has 7 nitrogen and oxygen atoms in total. The normalized spacial score (nSPS) is 14.9. The van der Waals surface area contributed by atoms with Gasteiger partial charge in [-0.05, 0) is 59.8 Å². The number of ether oxygens (including phenoxy) is 1. The van der Waals surface area contributed by atoms with Gasteiger partial charge in [-0.25, -0.2) is 4.98 Å². The Morgan fingerprint density at radius 2 is 1.80 bits per heavy atom. The van der Waals surface area contributed by atoms with Crippen molar-refractivity contribution < 1.29 is 4.74 Å². The van der Waals surface area contributed by atoms with Crippen LogP contribution < -0.4 is 15.5 Å². The number of rotatable bonds is 6. The highest BCUT2D eigenvalue weighted by atomic mass is 16.5. The Morgan fingerprint density at radius 3 is 2.63 bits per heavy atom.